The SMILES string of the molecule is O=C(CSc1nccn1C1CCCCC1)NC1CCCCC1. The Bertz CT molecular complexity index is 476. The summed E-state index contributed by atoms with van der Waals surface area (Å²) in [6.45, 7) is 0. The minimum absolute atomic E-state index is 0.162. The quantitative estimate of drug-likeness (QED) is 0.836. The van der Waals surface area contributed by atoms with Crippen LogP contribution in [0.4, 0.5) is 0 Å². The fraction of sp³-hybridized carbons (Fsp3) is 0.765. The molecule has 2 aliphatic rings. The molecule has 1 aromatic heterocycles. The van der Waals surface area contributed by atoms with Crippen LogP contribution in [0.3, 0.4) is 0 Å². The molecule has 1 aromatic rings. The lowest BCUT2D eigenvalue weighted by Gasteiger charge is -2.24. The van der Waals surface area contributed by atoms with Crippen LogP contribution in [0.1, 0.15) is 70.3 Å². The summed E-state index contributed by atoms with van der Waals surface area (Å²) in [5, 5.41) is 4.19. The molecule has 0 spiro atoms. The number of nitrogens with zero attached hydrogens (tertiary/aromatic N) is 2. The third kappa shape index (κ3) is 4.28. The van der Waals surface area contributed by atoms with Crippen molar-refractivity contribution in [1.29, 1.82) is 0 Å². The Morgan fingerprint density at radius 3 is 2.55 bits per heavy atom. The summed E-state index contributed by atoms with van der Waals surface area (Å²) in [4.78, 5) is 16.6. The molecule has 0 saturated heterocycles. The van der Waals surface area contributed by atoms with Gasteiger partial charge in [-0.25, -0.2) is 4.98 Å². The molecule has 5 heteroatoms. The molecule has 1 N–H and O–H groups in total. The zero-order valence-electron chi connectivity index (χ0n) is 13.3. The number of carbonyl (C=O) groups is 1. The van der Waals surface area contributed by atoms with E-state index in [1.165, 1.54) is 51.4 Å². The molecule has 2 aliphatic carbocycles. The van der Waals surface area contributed by atoms with Crippen molar-refractivity contribution in [2.24, 2.45) is 0 Å². The molecule has 0 unspecified atom stereocenters. The van der Waals surface area contributed by atoms with Gasteiger partial charge in [0.05, 0.1) is 5.75 Å². The summed E-state index contributed by atoms with van der Waals surface area (Å²) in [5.74, 6) is 0.648. The predicted molar refractivity (Wildman–Crippen MR) is 90.1 cm³/mol. The van der Waals surface area contributed by atoms with Gasteiger partial charge in [0.2, 0.25) is 5.91 Å². The number of aromatic nitrogens is 2. The molecule has 0 aliphatic heterocycles. The van der Waals surface area contributed by atoms with E-state index in [-0.39, 0.29) is 5.91 Å². The summed E-state index contributed by atoms with van der Waals surface area (Å²) < 4.78 is 2.29. The van der Waals surface area contributed by atoms with Crippen molar-refractivity contribution in [3.63, 3.8) is 0 Å². The van der Waals surface area contributed by atoms with Crippen molar-refractivity contribution in [3.05, 3.63) is 12.4 Å². The van der Waals surface area contributed by atoms with Gasteiger partial charge in [0.25, 0.3) is 0 Å². The molecule has 3 rings (SSSR count). The lowest BCUT2D eigenvalue weighted by molar-refractivity contribution is -0.119. The van der Waals surface area contributed by atoms with E-state index in [2.05, 4.69) is 21.1 Å². The van der Waals surface area contributed by atoms with Gasteiger partial charge in [0.15, 0.2) is 5.16 Å². The van der Waals surface area contributed by atoms with Gasteiger partial charge >= 0.3 is 0 Å². The van der Waals surface area contributed by atoms with E-state index in [1.807, 2.05) is 6.20 Å². The van der Waals surface area contributed by atoms with E-state index in [1.54, 1.807) is 11.8 Å². The zero-order chi connectivity index (χ0) is 15.2. The molecule has 0 atom stereocenters. The Kier molecular flexibility index (Phi) is 5.82. The summed E-state index contributed by atoms with van der Waals surface area (Å²) in [5.41, 5.74) is 0. The molecule has 0 radical (unpaired) electrons. The van der Waals surface area contributed by atoms with Crippen LogP contribution in [-0.2, 0) is 4.79 Å². The third-order valence-corrected chi connectivity index (χ3v) is 5.88. The van der Waals surface area contributed by atoms with Gasteiger partial charge in [-0.05, 0) is 25.7 Å². The number of amides is 1. The van der Waals surface area contributed by atoms with E-state index in [4.69, 9.17) is 0 Å². The molecule has 1 heterocycles. The summed E-state index contributed by atoms with van der Waals surface area (Å²) in [6, 6.07) is 0.986. The number of imidazole rings is 1. The lowest BCUT2D eigenvalue weighted by Crippen LogP contribution is -2.37. The van der Waals surface area contributed by atoms with Crippen molar-refractivity contribution < 1.29 is 4.79 Å². The van der Waals surface area contributed by atoms with E-state index in [0.717, 1.165) is 18.0 Å². The van der Waals surface area contributed by atoms with Crippen LogP contribution < -0.4 is 5.32 Å². The molecule has 122 valence electrons. The Balaban J connectivity index is 1.48. The average Bonchev–Trinajstić information content (AvgIpc) is 3.03. The van der Waals surface area contributed by atoms with E-state index in [9.17, 15) is 4.79 Å². The number of hydrogen-bond acceptors (Lipinski definition) is 3. The number of nitrogens with one attached hydrogen (secondary N) is 1. The smallest absolute Gasteiger partial charge is 0.230 e. The molecule has 2 saturated carbocycles. The molecule has 0 aromatic carbocycles. The topological polar surface area (TPSA) is 46.9 Å². The third-order valence-electron chi connectivity index (χ3n) is 4.90. The first-order valence-corrected chi connectivity index (χ1v) is 9.76. The number of rotatable bonds is 5. The Labute approximate surface area is 137 Å². The van der Waals surface area contributed by atoms with E-state index >= 15 is 0 Å². The van der Waals surface area contributed by atoms with Crippen molar-refractivity contribution in [1.82, 2.24) is 14.9 Å². The predicted octanol–water partition coefficient (Wildman–Crippen LogP) is 3.93. The second-order valence-corrected chi connectivity index (χ2v) is 7.54. The van der Waals surface area contributed by atoms with Crippen LogP contribution in [0.25, 0.3) is 0 Å². The lowest BCUT2D eigenvalue weighted by atomic mass is 9.95. The van der Waals surface area contributed by atoms with Crippen LogP contribution in [-0.4, -0.2) is 27.3 Å². The van der Waals surface area contributed by atoms with Gasteiger partial charge in [-0.3, -0.25) is 4.79 Å². The molecule has 2 fully saturated rings. The second kappa shape index (κ2) is 8.04. The zero-order valence-corrected chi connectivity index (χ0v) is 14.1. The number of carbonyl (C=O) groups excluding carboxylic acids is 1. The van der Waals surface area contributed by atoms with Crippen LogP contribution in [0.15, 0.2) is 17.6 Å². The number of hydrogen-bond donors (Lipinski definition) is 1. The maximum Gasteiger partial charge on any atom is 0.230 e. The highest BCUT2D eigenvalue weighted by Gasteiger charge is 2.19. The molecule has 22 heavy (non-hydrogen) atoms. The summed E-state index contributed by atoms with van der Waals surface area (Å²) >= 11 is 1.58. The highest BCUT2D eigenvalue weighted by atomic mass is 32.2. The molecular weight excluding hydrogens is 294 g/mol. The monoisotopic (exact) mass is 321 g/mol. The fourth-order valence-corrected chi connectivity index (χ4v) is 4.53. The second-order valence-electron chi connectivity index (χ2n) is 6.60. The Morgan fingerprint density at radius 1 is 1.14 bits per heavy atom. The highest BCUT2D eigenvalue weighted by Crippen LogP contribution is 2.31. The minimum Gasteiger partial charge on any atom is -0.353 e. The van der Waals surface area contributed by atoms with Crippen molar-refractivity contribution in [2.75, 3.05) is 5.75 Å². The maximum atomic E-state index is 12.1. The minimum atomic E-state index is 0.162. The van der Waals surface area contributed by atoms with Gasteiger partial charge in [-0.15, -0.1) is 0 Å². The first kappa shape index (κ1) is 15.9. The molecule has 1 amide bonds. The molecule has 0 bridgehead atoms. The number of thioether (sulfide) groups is 1. The first-order chi connectivity index (χ1) is 10.8. The van der Waals surface area contributed by atoms with Crippen molar-refractivity contribution in [3.8, 4) is 0 Å². The van der Waals surface area contributed by atoms with Gasteiger partial charge in [0.1, 0.15) is 0 Å². The van der Waals surface area contributed by atoms with E-state index < -0.39 is 0 Å². The Hall–Kier alpha value is -0.970. The normalized spacial score (nSPS) is 20.9. The van der Waals surface area contributed by atoms with Gasteiger partial charge in [-0.1, -0.05) is 50.3 Å². The average molecular weight is 321 g/mol. The van der Waals surface area contributed by atoms with Crippen LogP contribution in [0.2, 0.25) is 0 Å². The van der Waals surface area contributed by atoms with Gasteiger partial charge in [0, 0.05) is 24.5 Å². The Morgan fingerprint density at radius 2 is 1.82 bits per heavy atom. The van der Waals surface area contributed by atoms with Crippen LogP contribution in [0, 0.1) is 0 Å². The molecular formula is C17H27N3OS. The fourth-order valence-electron chi connectivity index (χ4n) is 3.69. The standard InChI is InChI=1S/C17H27N3OS/c21-16(19-14-7-3-1-4-8-14)13-22-17-18-11-12-20(17)15-9-5-2-6-10-15/h11-12,14-15H,1-10,13H2,(H,19,21). The van der Waals surface area contributed by atoms with Crippen LogP contribution >= 0.6 is 11.8 Å². The van der Waals surface area contributed by atoms with Gasteiger partial charge in [-0.2, -0.15) is 0 Å². The van der Waals surface area contributed by atoms with Crippen molar-refractivity contribution in [2.45, 2.75) is 81.4 Å². The maximum absolute atomic E-state index is 12.1. The van der Waals surface area contributed by atoms with Crippen molar-refractivity contribution >= 4 is 17.7 Å². The molecule has 4 nitrogen and oxygen atoms in total. The van der Waals surface area contributed by atoms with Gasteiger partial charge < -0.3 is 9.88 Å². The summed E-state index contributed by atoms with van der Waals surface area (Å²) in [6.07, 6.45) is 16.6. The van der Waals surface area contributed by atoms with E-state index in [0.29, 0.717) is 17.8 Å². The summed E-state index contributed by atoms with van der Waals surface area (Å²) in [7, 11) is 0. The highest BCUT2D eigenvalue weighted by molar-refractivity contribution is 7.99. The first-order valence-electron chi connectivity index (χ1n) is 8.78. The van der Waals surface area contributed by atoms with Crippen LogP contribution in [0.5, 0.6) is 0 Å². The largest absolute Gasteiger partial charge is 0.353 e.